The maximum absolute atomic E-state index is 12.2. The molecule has 2 N–H and O–H groups in total. The Labute approximate surface area is 104 Å². The molecular formula is C12H15BrN2O. The predicted octanol–water partition coefficient (Wildman–Crippen LogP) is 1.93. The molecule has 1 heterocycles. The summed E-state index contributed by atoms with van der Waals surface area (Å²) in [6.45, 7) is 3.40. The largest absolute Gasteiger partial charge is 0.337 e. The van der Waals surface area contributed by atoms with Gasteiger partial charge in [0.05, 0.1) is 0 Å². The number of nitrogens with zero attached hydrogens (tertiary/aromatic N) is 1. The molecule has 1 saturated heterocycles. The quantitative estimate of drug-likeness (QED) is 0.856. The van der Waals surface area contributed by atoms with Crippen molar-refractivity contribution in [3.8, 4) is 0 Å². The third kappa shape index (κ3) is 2.28. The first kappa shape index (κ1) is 11.6. The third-order valence-corrected chi connectivity index (χ3v) is 3.44. The number of hydrogen-bond donors (Lipinski definition) is 1. The second-order valence-corrected chi connectivity index (χ2v) is 5.17. The van der Waals surface area contributed by atoms with Gasteiger partial charge in [0.2, 0.25) is 0 Å². The average molecular weight is 283 g/mol. The SMILES string of the molecule is Cc1ccc(Br)cc1C(=O)N1CCC(N)C1. The molecule has 1 fully saturated rings. The van der Waals surface area contributed by atoms with Gasteiger partial charge in [-0.3, -0.25) is 4.79 Å². The fourth-order valence-electron chi connectivity index (χ4n) is 1.97. The lowest BCUT2D eigenvalue weighted by Gasteiger charge is -2.17. The van der Waals surface area contributed by atoms with Crippen molar-refractivity contribution in [2.75, 3.05) is 13.1 Å². The normalized spacial score (nSPS) is 20.2. The van der Waals surface area contributed by atoms with Crippen LogP contribution in [0.2, 0.25) is 0 Å². The maximum atomic E-state index is 12.2. The van der Waals surface area contributed by atoms with Gasteiger partial charge in [0.1, 0.15) is 0 Å². The van der Waals surface area contributed by atoms with Crippen LogP contribution in [0.3, 0.4) is 0 Å². The van der Waals surface area contributed by atoms with Gasteiger partial charge < -0.3 is 10.6 Å². The number of amides is 1. The third-order valence-electron chi connectivity index (χ3n) is 2.94. The van der Waals surface area contributed by atoms with Crippen molar-refractivity contribution in [2.24, 2.45) is 5.73 Å². The van der Waals surface area contributed by atoms with E-state index in [1.807, 2.05) is 30.0 Å². The van der Waals surface area contributed by atoms with Crippen LogP contribution in [0, 0.1) is 6.92 Å². The number of carbonyl (C=O) groups excluding carboxylic acids is 1. The van der Waals surface area contributed by atoms with Crippen LogP contribution in [-0.4, -0.2) is 29.9 Å². The van der Waals surface area contributed by atoms with Gasteiger partial charge in [-0.25, -0.2) is 0 Å². The van der Waals surface area contributed by atoms with Crippen molar-refractivity contribution < 1.29 is 4.79 Å². The Morgan fingerprint density at radius 1 is 1.56 bits per heavy atom. The molecule has 2 rings (SSSR count). The minimum absolute atomic E-state index is 0.0896. The Morgan fingerprint density at radius 2 is 2.31 bits per heavy atom. The van der Waals surface area contributed by atoms with E-state index in [-0.39, 0.29) is 11.9 Å². The number of nitrogens with two attached hydrogens (primary N) is 1. The molecule has 86 valence electrons. The van der Waals surface area contributed by atoms with E-state index in [2.05, 4.69) is 15.9 Å². The smallest absolute Gasteiger partial charge is 0.254 e. The number of benzene rings is 1. The number of aryl methyl sites for hydroxylation is 1. The second-order valence-electron chi connectivity index (χ2n) is 4.26. The van der Waals surface area contributed by atoms with E-state index in [0.717, 1.165) is 28.6 Å². The highest BCUT2D eigenvalue weighted by atomic mass is 79.9. The number of likely N-dealkylation sites (tertiary alicyclic amines) is 1. The molecule has 1 amide bonds. The zero-order valence-corrected chi connectivity index (χ0v) is 10.8. The van der Waals surface area contributed by atoms with Crippen molar-refractivity contribution in [1.82, 2.24) is 4.90 Å². The first-order valence-electron chi connectivity index (χ1n) is 5.39. The Kier molecular flexibility index (Phi) is 3.30. The molecule has 1 aromatic carbocycles. The minimum atomic E-state index is 0.0896. The number of carbonyl (C=O) groups is 1. The lowest BCUT2D eigenvalue weighted by atomic mass is 10.1. The van der Waals surface area contributed by atoms with Crippen LogP contribution < -0.4 is 5.73 Å². The van der Waals surface area contributed by atoms with Gasteiger partial charge in [-0.15, -0.1) is 0 Å². The fourth-order valence-corrected chi connectivity index (χ4v) is 2.33. The highest BCUT2D eigenvalue weighted by Crippen LogP contribution is 2.19. The number of halogens is 1. The van der Waals surface area contributed by atoms with Crippen LogP contribution >= 0.6 is 15.9 Å². The summed E-state index contributed by atoms with van der Waals surface area (Å²) < 4.78 is 0.935. The average Bonchev–Trinajstić information content (AvgIpc) is 2.67. The minimum Gasteiger partial charge on any atom is -0.337 e. The number of rotatable bonds is 1. The zero-order valence-electron chi connectivity index (χ0n) is 9.24. The fraction of sp³-hybridized carbons (Fsp3) is 0.417. The summed E-state index contributed by atoms with van der Waals surface area (Å²) >= 11 is 3.39. The molecule has 3 nitrogen and oxygen atoms in total. The van der Waals surface area contributed by atoms with E-state index in [1.165, 1.54) is 0 Å². The predicted molar refractivity (Wildman–Crippen MR) is 67.4 cm³/mol. The lowest BCUT2D eigenvalue weighted by Crippen LogP contribution is -2.32. The Morgan fingerprint density at radius 3 is 2.94 bits per heavy atom. The molecule has 1 aromatic rings. The van der Waals surface area contributed by atoms with Crippen molar-refractivity contribution in [3.05, 3.63) is 33.8 Å². The molecule has 1 unspecified atom stereocenters. The van der Waals surface area contributed by atoms with Crippen LogP contribution in [0.1, 0.15) is 22.3 Å². The van der Waals surface area contributed by atoms with Crippen molar-refractivity contribution in [3.63, 3.8) is 0 Å². The van der Waals surface area contributed by atoms with E-state index in [9.17, 15) is 4.79 Å². The first-order chi connectivity index (χ1) is 7.58. The summed E-state index contributed by atoms with van der Waals surface area (Å²) in [6, 6.07) is 5.91. The van der Waals surface area contributed by atoms with Gasteiger partial charge in [-0.2, -0.15) is 0 Å². The zero-order chi connectivity index (χ0) is 11.7. The summed E-state index contributed by atoms with van der Waals surface area (Å²) in [5.74, 6) is 0.0896. The van der Waals surface area contributed by atoms with E-state index in [0.29, 0.717) is 6.54 Å². The van der Waals surface area contributed by atoms with Crippen molar-refractivity contribution in [1.29, 1.82) is 0 Å². The molecule has 0 radical (unpaired) electrons. The summed E-state index contributed by atoms with van der Waals surface area (Å²) in [5, 5.41) is 0. The highest BCUT2D eigenvalue weighted by Gasteiger charge is 2.25. The molecule has 1 aliphatic heterocycles. The Hall–Kier alpha value is -0.870. The highest BCUT2D eigenvalue weighted by molar-refractivity contribution is 9.10. The monoisotopic (exact) mass is 282 g/mol. The van der Waals surface area contributed by atoms with Gasteiger partial charge in [0, 0.05) is 29.2 Å². The molecule has 4 heteroatoms. The molecule has 1 atom stereocenters. The van der Waals surface area contributed by atoms with Gasteiger partial charge in [-0.05, 0) is 31.0 Å². The van der Waals surface area contributed by atoms with E-state index in [4.69, 9.17) is 5.73 Å². The van der Waals surface area contributed by atoms with E-state index < -0.39 is 0 Å². The molecular weight excluding hydrogens is 268 g/mol. The topological polar surface area (TPSA) is 46.3 Å². The summed E-state index contributed by atoms with van der Waals surface area (Å²) in [7, 11) is 0. The van der Waals surface area contributed by atoms with Gasteiger partial charge in [-0.1, -0.05) is 22.0 Å². The van der Waals surface area contributed by atoms with Crippen LogP contribution in [0.25, 0.3) is 0 Å². The lowest BCUT2D eigenvalue weighted by molar-refractivity contribution is 0.0790. The summed E-state index contributed by atoms with van der Waals surface area (Å²) in [5.41, 5.74) is 7.58. The van der Waals surface area contributed by atoms with E-state index >= 15 is 0 Å². The van der Waals surface area contributed by atoms with E-state index in [1.54, 1.807) is 0 Å². The molecule has 1 aliphatic rings. The molecule has 16 heavy (non-hydrogen) atoms. The van der Waals surface area contributed by atoms with Crippen LogP contribution in [0.15, 0.2) is 22.7 Å². The molecule has 0 aromatic heterocycles. The molecule has 0 bridgehead atoms. The van der Waals surface area contributed by atoms with Crippen molar-refractivity contribution >= 4 is 21.8 Å². The van der Waals surface area contributed by atoms with Gasteiger partial charge in [0.15, 0.2) is 0 Å². The first-order valence-corrected chi connectivity index (χ1v) is 6.18. The Balaban J connectivity index is 2.23. The van der Waals surface area contributed by atoms with Crippen LogP contribution in [0.5, 0.6) is 0 Å². The maximum Gasteiger partial charge on any atom is 0.254 e. The van der Waals surface area contributed by atoms with Gasteiger partial charge in [0.25, 0.3) is 5.91 Å². The molecule has 0 spiro atoms. The molecule has 0 aliphatic carbocycles. The number of hydrogen-bond acceptors (Lipinski definition) is 2. The summed E-state index contributed by atoms with van der Waals surface area (Å²) in [6.07, 6.45) is 0.902. The Bertz CT molecular complexity index is 419. The van der Waals surface area contributed by atoms with Crippen LogP contribution in [0.4, 0.5) is 0 Å². The standard InChI is InChI=1S/C12H15BrN2O/c1-8-2-3-9(13)6-11(8)12(16)15-5-4-10(14)7-15/h2-3,6,10H,4-5,7,14H2,1H3. The molecule has 0 saturated carbocycles. The van der Waals surface area contributed by atoms with Crippen molar-refractivity contribution in [2.45, 2.75) is 19.4 Å². The second kappa shape index (κ2) is 4.55. The van der Waals surface area contributed by atoms with Gasteiger partial charge >= 0.3 is 0 Å². The summed E-state index contributed by atoms with van der Waals surface area (Å²) in [4.78, 5) is 14.0. The van der Waals surface area contributed by atoms with Crippen LogP contribution in [-0.2, 0) is 0 Å².